The monoisotopic (exact) mass is 224 g/mol. The van der Waals surface area contributed by atoms with Gasteiger partial charge in [-0.3, -0.25) is 0 Å². The molecule has 0 heterocycles. The van der Waals surface area contributed by atoms with Crippen LogP contribution in [0.5, 0.6) is 5.75 Å². The summed E-state index contributed by atoms with van der Waals surface area (Å²) in [6.45, 7) is 2.15. The molecule has 0 fully saturated rings. The summed E-state index contributed by atoms with van der Waals surface area (Å²) < 4.78 is 15.1. The smallest absolute Gasteiger partial charge is 0.342 e. The van der Waals surface area contributed by atoms with Gasteiger partial charge in [0.2, 0.25) is 0 Å². The first kappa shape index (κ1) is 12.5. The van der Waals surface area contributed by atoms with Crippen LogP contribution in [0.3, 0.4) is 0 Å². The highest BCUT2D eigenvalue weighted by atomic mass is 16.6. The van der Waals surface area contributed by atoms with E-state index in [9.17, 15) is 4.79 Å². The van der Waals surface area contributed by atoms with Gasteiger partial charge < -0.3 is 14.2 Å². The van der Waals surface area contributed by atoms with E-state index >= 15 is 0 Å². The van der Waals surface area contributed by atoms with Crippen LogP contribution in [0.2, 0.25) is 0 Å². The zero-order chi connectivity index (χ0) is 12.0. The lowest BCUT2D eigenvalue weighted by Gasteiger charge is -2.13. The number of benzene rings is 1. The molecule has 88 valence electrons. The van der Waals surface area contributed by atoms with Crippen molar-refractivity contribution in [1.29, 1.82) is 0 Å². The van der Waals surface area contributed by atoms with E-state index in [4.69, 9.17) is 14.2 Å². The van der Waals surface area contributed by atoms with E-state index in [1.807, 2.05) is 0 Å². The van der Waals surface area contributed by atoms with Gasteiger partial charge in [0.05, 0.1) is 13.7 Å². The molecule has 0 aliphatic heterocycles. The summed E-state index contributed by atoms with van der Waals surface area (Å²) in [4.78, 5) is 11.8. The van der Waals surface area contributed by atoms with Gasteiger partial charge in [-0.25, -0.2) is 4.79 Å². The fourth-order valence-corrected chi connectivity index (χ4v) is 1.33. The molecule has 0 aromatic heterocycles. The third-order valence-electron chi connectivity index (χ3n) is 2.04. The van der Waals surface area contributed by atoms with Gasteiger partial charge in [-0.1, -0.05) is 12.1 Å². The van der Waals surface area contributed by atoms with Gasteiger partial charge in [-0.05, 0) is 19.1 Å². The molecule has 0 amide bonds. The Morgan fingerprint density at radius 2 is 2.00 bits per heavy atom. The number of carbonyl (C=O) groups is 1. The Labute approximate surface area is 95.1 Å². The van der Waals surface area contributed by atoms with Crippen LogP contribution in [0.1, 0.15) is 17.3 Å². The molecule has 0 saturated heterocycles. The fraction of sp³-hybridized carbons (Fsp3) is 0.417. The quantitative estimate of drug-likeness (QED) is 0.716. The third kappa shape index (κ3) is 3.24. The summed E-state index contributed by atoms with van der Waals surface area (Å²) in [7, 11) is 3.08. The molecule has 1 aromatic rings. The van der Waals surface area contributed by atoms with Gasteiger partial charge in [0.1, 0.15) is 17.4 Å². The van der Waals surface area contributed by atoms with E-state index in [1.54, 1.807) is 38.3 Å². The number of hydrogen-bond acceptors (Lipinski definition) is 4. The van der Waals surface area contributed by atoms with Crippen molar-refractivity contribution in [1.82, 2.24) is 0 Å². The highest BCUT2D eigenvalue weighted by Gasteiger charge is 2.15. The van der Waals surface area contributed by atoms with Gasteiger partial charge in [0.25, 0.3) is 0 Å². The minimum absolute atomic E-state index is 0.276. The Kier molecular flexibility index (Phi) is 4.79. The van der Waals surface area contributed by atoms with Crippen LogP contribution in [0.4, 0.5) is 0 Å². The van der Waals surface area contributed by atoms with Crippen LogP contribution >= 0.6 is 0 Å². The van der Waals surface area contributed by atoms with E-state index in [0.717, 1.165) is 0 Å². The second kappa shape index (κ2) is 6.12. The van der Waals surface area contributed by atoms with Crippen LogP contribution in [-0.2, 0) is 9.47 Å². The van der Waals surface area contributed by atoms with Crippen molar-refractivity contribution in [2.75, 3.05) is 20.8 Å². The van der Waals surface area contributed by atoms with E-state index in [-0.39, 0.29) is 6.10 Å². The van der Waals surface area contributed by atoms with E-state index < -0.39 is 5.97 Å². The van der Waals surface area contributed by atoms with Crippen molar-refractivity contribution in [3.63, 3.8) is 0 Å². The Morgan fingerprint density at radius 1 is 1.31 bits per heavy atom. The highest BCUT2D eigenvalue weighted by molar-refractivity contribution is 5.92. The molecular formula is C12H16O4. The van der Waals surface area contributed by atoms with Crippen LogP contribution in [0.25, 0.3) is 0 Å². The highest BCUT2D eigenvalue weighted by Crippen LogP contribution is 2.18. The first-order valence-corrected chi connectivity index (χ1v) is 5.02. The summed E-state index contributed by atoms with van der Waals surface area (Å²) >= 11 is 0. The van der Waals surface area contributed by atoms with Crippen LogP contribution in [0.15, 0.2) is 24.3 Å². The Hall–Kier alpha value is -1.55. The molecule has 0 aliphatic carbocycles. The molecule has 0 bridgehead atoms. The van der Waals surface area contributed by atoms with Gasteiger partial charge in [-0.15, -0.1) is 0 Å². The van der Waals surface area contributed by atoms with Crippen molar-refractivity contribution in [2.45, 2.75) is 13.0 Å². The molecule has 0 radical (unpaired) electrons. The lowest BCUT2D eigenvalue weighted by Crippen LogP contribution is -2.20. The Morgan fingerprint density at radius 3 is 2.62 bits per heavy atom. The summed E-state index contributed by atoms with van der Waals surface area (Å²) in [5.41, 5.74) is 0.424. The molecule has 1 rings (SSSR count). The maximum absolute atomic E-state index is 11.8. The molecule has 1 aromatic carbocycles. The number of rotatable bonds is 5. The minimum Gasteiger partial charge on any atom is -0.496 e. The number of ether oxygens (including phenoxy) is 3. The maximum atomic E-state index is 11.8. The zero-order valence-electron chi connectivity index (χ0n) is 9.73. The first-order chi connectivity index (χ1) is 7.69. The Balaban J connectivity index is 2.72. The predicted molar refractivity (Wildman–Crippen MR) is 59.7 cm³/mol. The summed E-state index contributed by atoms with van der Waals surface area (Å²) in [6, 6.07) is 6.95. The topological polar surface area (TPSA) is 44.8 Å². The molecule has 0 spiro atoms. The van der Waals surface area contributed by atoms with Crippen LogP contribution in [0, 0.1) is 0 Å². The molecule has 16 heavy (non-hydrogen) atoms. The van der Waals surface area contributed by atoms with Crippen molar-refractivity contribution >= 4 is 5.97 Å². The van der Waals surface area contributed by atoms with Crippen molar-refractivity contribution in [3.05, 3.63) is 29.8 Å². The van der Waals surface area contributed by atoms with Crippen molar-refractivity contribution < 1.29 is 19.0 Å². The number of para-hydroxylation sites is 1. The summed E-state index contributed by atoms with van der Waals surface area (Å²) in [6.07, 6.45) is -0.276. The normalized spacial score (nSPS) is 11.9. The Bertz CT molecular complexity index is 349. The molecule has 0 N–H and O–H groups in total. The van der Waals surface area contributed by atoms with Gasteiger partial charge in [0, 0.05) is 7.11 Å². The lowest BCUT2D eigenvalue weighted by molar-refractivity contribution is 0.0117. The number of esters is 1. The maximum Gasteiger partial charge on any atom is 0.342 e. The van der Waals surface area contributed by atoms with Gasteiger partial charge in [0.15, 0.2) is 0 Å². The third-order valence-corrected chi connectivity index (χ3v) is 2.04. The SMILES string of the molecule is COCC(C)OC(=O)c1ccccc1OC. The molecule has 1 atom stereocenters. The standard InChI is InChI=1S/C12H16O4/c1-9(8-14-2)16-12(13)10-6-4-5-7-11(10)15-3/h4-7,9H,8H2,1-3H3. The first-order valence-electron chi connectivity index (χ1n) is 5.02. The average Bonchev–Trinajstić information content (AvgIpc) is 2.29. The molecule has 4 heteroatoms. The average molecular weight is 224 g/mol. The van der Waals surface area contributed by atoms with Gasteiger partial charge >= 0.3 is 5.97 Å². The van der Waals surface area contributed by atoms with E-state index in [0.29, 0.717) is 17.9 Å². The molecular weight excluding hydrogens is 208 g/mol. The van der Waals surface area contributed by atoms with Crippen molar-refractivity contribution in [3.8, 4) is 5.75 Å². The van der Waals surface area contributed by atoms with E-state index in [1.165, 1.54) is 7.11 Å². The number of methoxy groups -OCH3 is 2. The van der Waals surface area contributed by atoms with Gasteiger partial charge in [-0.2, -0.15) is 0 Å². The largest absolute Gasteiger partial charge is 0.496 e. The summed E-state index contributed by atoms with van der Waals surface area (Å²) in [5.74, 6) is 0.110. The fourth-order valence-electron chi connectivity index (χ4n) is 1.33. The molecule has 0 aliphatic rings. The number of carbonyl (C=O) groups excluding carboxylic acids is 1. The second-order valence-electron chi connectivity index (χ2n) is 3.37. The number of hydrogen-bond donors (Lipinski definition) is 0. The lowest BCUT2D eigenvalue weighted by atomic mass is 10.2. The molecule has 1 unspecified atom stereocenters. The second-order valence-corrected chi connectivity index (χ2v) is 3.37. The zero-order valence-corrected chi connectivity index (χ0v) is 9.73. The molecule has 0 saturated carbocycles. The van der Waals surface area contributed by atoms with Crippen LogP contribution in [-0.4, -0.2) is 32.9 Å². The predicted octanol–water partition coefficient (Wildman–Crippen LogP) is 1.89. The summed E-state index contributed by atoms with van der Waals surface area (Å²) in [5, 5.41) is 0. The van der Waals surface area contributed by atoms with Crippen LogP contribution < -0.4 is 4.74 Å². The van der Waals surface area contributed by atoms with Crippen molar-refractivity contribution in [2.24, 2.45) is 0 Å². The molecule has 4 nitrogen and oxygen atoms in total. The minimum atomic E-state index is -0.401. The van der Waals surface area contributed by atoms with E-state index in [2.05, 4.69) is 0 Å².